The second-order valence-electron chi connectivity index (χ2n) is 6.06. The molecule has 0 aromatic heterocycles. The fourth-order valence-electron chi connectivity index (χ4n) is 2.09. The first-order chi connectivity index (χ1) is 9.35. The van der Waals surface area contributed by atoms with E-state index in [-0.39, 0.29) is 17.4 Å². The lowest BCUT2D eigenvalue weighted by Gasteiger charge is -2.21. The fraction of sp³-hybridized carbons (Fsp3) is 0.467. The Bertz CT molecular complexity index is 514. The van der Waals surface area contributed by atoms with Crippen molar-refractivity contribution in [3.05, 3.63) is 29.8 Å². The number of hydrogen-bond acceptors (Lipinski definition) is 4. The van der Waals surface area contributed by atoms with Crippen LogP contribution < -0.4 is 16.5 Å². The second-order valence-corrected chi connectivity index (χ2v) is 6.06. The zero-order valence-electron chi connectivity index (χ0n) is 12.2. The highest BCUT2D eigenvalue weighted by molar-refractivity contribution is 6.05. The van der Waals surface area contributed by atoms with Crippen LogP contribution in [0.5, 0.6) is 0 Å². The maximum absolute atomic E-state index is 11.2. The van der Waals surface area contributed by atoms with Crippen LogP contribution in [0.1, 0.15) is 32.8 Å². The summed E-state index contributed by atoms with van der Waals surface area (Å²) in [7, 11) is 0. The molecule has 2 rings (SSSR count). The molecule has 0 fully saturated rings. The lowest BCUT2D eigenvalue weighted by molar-refractivity contribution is -0.121. The minimum atomic E-state index is -0.245. The molecule has 108 valence electrons. The molecule has 0 spiro atoms. The largest absolute Gasteiger partial charge is 0.383 e. The van der Waals surface area contributed by atoms with E-state index >= 15 is 0 Å². The Kier molecular flexibility index (Phi) is 4.09. The molecule has 20 heavy (non-hydrogen) atoms. The number of hydrogen-bond donors (Lipinski definition) is 3. The van der Waals surface area contributed by atoms with Gasteiger partial charge in [0.05, 0.1) is 5.71 Å². The highest BCUT2D eigenvalue weighted by Gasteiger charge is 2.21. The lowest BCUT2D eigenvalue weighted by atomic mass is 9.94. The molecular formula is C15H22N4O. The molecule has 4 N–H and O–H groups in total. The van der Waals surface area contributed by atoms with Crippen molar-refractivity contribution in [2.75, 3.05) is 11.9 Å². The van der Waals surface area contributed by atoms with Crippen molar-refractivity contribution in [2.24, 2.45) is 16.8 Å². The van der Waals surface area contributed by atoms with Crippen LogP contribution in [0.3, 0.4) is 0 Å². The quantitative estimate of drug-likeness (QED) is 0.781. The van der Waals surface area contributed by atoms with Crippen LogP contribution in [0, 0.1) is 5.92 Å². The minimum absolute atomic E-state index is 0.0234. The van der Waals surface area contributed by atoms with E-state index in [0.717, 1.165) is 17.0 Å². The average molecular weight is 274 g/mol. The Morgan fingerprint density at radius 1 is 1.40 bits per heavy atom. The Labute approximate surface area is 119 Å². The molecule has 1 atom stereocenters. The maximum atomic E-state index is 11.2. The number of nitrogens with zero attached hydrogens (tertiary/aromatic N) is 1. The number of carbonyl (C=O) groups excluding carboxylic acids is 1. The van der Waals surface area contributed by atoms with Gasteiger partial charge in [0.2, 0.25) is 5.91 Å². The summed E-state index contributed by atoms with van der Waals surface area (Å²) in [5.41, 5.74) is 11.2. The molecule has 1 heterocycles. The topological polar surface area (TPSA) is 79.5 Å². The van der Waals surface area contributed by atoms with Gasteiger partial charge < -0.3 is 11.1 Å². The number of benzene rings is 1. The summed E-state index contributed by atoms with van der Waals surface area (Å²) in [4.78, 5) is 11.2. The summed E-state index contributed by atoms with van der Waals surface area (Å²) >= 11 is 0. The zero-order chi connectivity index (χ0) is 14.8. The van der Waals surface area contributed by atoms with Crippen molar-refractivity contribution in [3.63, 3.8) is 0 Å². The van der Waals surface area contributed by atoms with Crippen LogP contribution in [-0.4, -0.2) is 23.7 Å². The maximum Gasteiger partial charge on any atom is 0.240 e. The second kappa shape index (κ2) is 5.63. The first kappa shape index (κ1) is 14.5. The monoisotopic (exact) mass is 274 g/mol. The predicted octanol–water partition coefficient (Wildman–Crippen LogP) is 1.70. The summed E-state index contributed by atoms with van der Waals surface area (Å²) in [6, 6.07) is 8.04. The van der Waals surface area contributed by atoms with Gasteiger partial charge in [-0.15, -0.1) is 0 Å². The first-order valence-electron chi connectivity index (χ1n) is 6.85. The van der Waals surface area contributed by atoms with Gasteiger partial charge in [-0.2, -0.15) is 5.10 Å². The van der Waals surface area contributed by atoms with Crippen LogP contribution in [0.25, 0.3) is 0 Å². The molecule has 0 saturated heterocycles. The van der Waals surface area contributed by atoms with Gasteiger partial charge >= 0.3 is 0 Å². The van der Waals surface area contributed by atoms with Crippen molar-refractivity contribution in [1.29, 1.82) is 0 Å². The number of rotatable bonds is 4. The molecule has 1 aromatic carbocycles. The predicted molar refractivity (Wildman–Crippen MR) is 81.7 cm³/mol. The van der Waals surface area contributed by atoms with E-state index in [2.05, 4.69) is 15.8 Å². The van der Waals surface area contributed by atoms with E-state index in [1.807, 2.05) is 45.0 Å². The van der Waals surface area contributed by atoms with E-state index in [9.17, 15) is 4.79 Å². The number of amides is 1. The number of nitrogens with one attached hydrogen (secondary N) is 2. The van der Waals surface area contributed by atoms with Crippen LogP contribution in [0.15, 0.2) is 29.4 Å². The van der Waals surface area contributed by atoms with Gasteiger partial charge in [0.1, 0.15) is 0 Å². The molecule has 0 radical (unpaired) electrons. The van der Waals surface area contributed by atoms with Gasteiger partial charge in [-0.1, -0.05) is 19.1 Å². The van der Waals surface area contributed by atoms with Crippen LogP contribution in [0.4, 0.5) is 5.69 Å². The molecule has 0 saturated carbocycles. The SMILES string of the molecule is C[C@H]1CC(=O)NN=C1c1ccc(NCC(C)(C)N)cc1. The Balaban J connectivity index is 2.07. The summed E-state index contributed by atoms with van der Waals surface area (Å²) in [5.74, 6) is 0.121. The summed E-state index contributed by atoms with van der Waals surface area (Å²) in [5, 5.41) is 7.45. The Morgan fingerprint density at radius 2 is 2.05 bits per heavy atom. The van der Waals surface area contributed by atoms with E-state index in [4.69, 9.17) is 5.73 Å². The van der Waals surface area contributed by atoms with Crippen LogP contribution >= 0.6 is 0 Å². The normalized spacial score (nSPS) is 19.3. The van der Waals surface area contributed by atoms with Crippen molar-refractivity contribution < 1.29 is 4.79 Å². The van der Waals surface area contributed by atoms with Gasteiger partial charge in [-0.25, -0.2) is 5.43 Å². The van der Waals surface area contributed by atoms with E-state index in [1.54, 1.807) is 0 Å². The van der Waals surface area contributed by atoms with Crippen molar-refractivity contribution in [3.8, 4) is 0 Å². The summed E-state index contributed by atoms with van der Waals surface area (Å²) < 4.78 is 0. The molecule has 1 amide bonds. The number of nitrogens with two attached hydrogens (primary N) is 1. The Hall–Kier alpha value is -1.88. The zero-order valence-corrected chi connectivity index (χ0v) is 12.2. The summed E-state index contributed by atoms with van der Waals surface area (Å²) in [6.45, 7) is 6.69. The fourth-order valence-corrected chi connectivity index (χ4v) is 2.09. The molecule has 0 bridgehead atoms. The van der Waals surface area contributed by atoms with E-state index in [1.165, 1.54) is 0 Å². The van der Waals surface area contributed by atoms with Crippen molar-refractivity contribution in [1.82, 2.24) is 5.43 Å². The molecule has 0 unspecified atom stereocenters. The lowest BCUT2D eigenvalue weighted by Crippen LogP contribution is -2.39. The third kappa shape index (κ3) is 3.81. The van der Waals surface area contributed by atoms with Gasteiger partial charge in [0.25, 0.3) is 0 Å². The summed E-state index contributed by atoms with van der Waals surface area (Å²) in [6.07, 6.45) is 0.486. The highest BCUT2D eigenvalue weighted by Crippen LogP contribution is 2.18. The van der Waals surface area contributed by atoms with Crippen molar-refractivity contribution >= 4 is 17.3 Å². The van der Waals surface area contributed by atoms with Gasteiger partial charge in [0.15, 0.2) is 0 Å². The molecule has 1 aliphatic rings. The van der Waals surface area contributed by atoms with Crippen LogP contribution in [-0.2, 0) is 4.79 Å². The van der Waals surface area contributed by atoms with Gasteiger partial charge in [-0.3, -0.25) is 4.79 Å². The number of hydrazone groups is 1. The third-order valence-electron chi connectivity index (χ3n) is 3.19. The first-order valence-corrected chi connectivity index (χ1v) is 6.85. The van der Waals surface area contributed by atoms with E-state index < -0.39 is 0 Å². The average Bonchev–Trinajstić information content (AvgIpc) is 2.36. The van der Waals surface area contributed by atoms with Crippen LogP contribution in [0.2, 0.25) is 0 Å². The highest BCUT2D eigenvalue weighted by atomic mass is 16.2. The standard InChI is InChI=1S/C15H22N4O/c1-10-8-13(20)18-19-14(10)11-4-6-12(7-5-11)17-9-15(2,3)16/h4-7,10,17H,8-9,16H2,1-3H3,(H,18,20)/t10-/m0/s1. The molecule has 0 aliphatic carbocycles. The van der Waals surface area contributed by atoms with Gasteiger partial charge in [0, 0.05) is 30.1 Å². The Morgan fingerprint density at radius 3 is 2.60 bits per heavy atom. The van der Waals surface area contributed by atoms with Gasteiger partial charge in [-0.05, 0) is 31.5 Å². The molecule has 1 aromatic rings. The molecule has 5 heteroatoms. The third-order valence-corrected chi connectivity index (χ3v) is 3.19. The molecule has 1 aliphatic heterocycles. The van der Waals surface area contributed by atoms with E-state index in [0.29, 0.717) is 13.0 Å². The molecule has 5 nitrogen and oxygen atoms in total. The smallest absolute Gasteiger partial charge is 0.240 e. The molecular weight excluding hydrogens is 252 g/mol. The number of anilines is 1. The minimum Gasteiger partial charge on any atom is -0.383 e. The van der Waals surface area contributed by atoms with Crippen molar-refractivity contribution in [2.45, 2.75) is 32.7 Å². The number of carbonyl (C=O) groups is 1.